The number of carboxylic acid groups (broad SMARTS) is 1. The lowest BCUT2D eigenvalue weighted by atomic mass is 9.78. The maximum Gasteiger partial charge on any atom is 0.407 e. The molecule has 3 unspecified atom stereocenters. The quantitative estimate of drug-likeness (QED) is 0.256. The molecule has 1 fully saturated rings. The van der Waals surface area contributed by atoms with Crippen molar-refractivity contribution in [2.75, 3.05) is 0 Å². The SMILES string of the molecule is NNC(=O)c1nc2n(c(=O)c1OCc1ccccc1)CC1CCC2C(N(Cc2ccccc2)C(=O)O)C1. The molecule has 2 amide bonds. The highest BCUT2D eigenvalue weighted by molar-refractivity contribution is 5.94. The number of nitrogens with one attached hydrogen (secondary N) is 1. The molecular formula is C27H29N5O5. The van der Waals surface area contributed by atoms with Crippen molar-refractivity contribution in [3.63, 3.8) is 0 Å². The molecule has 4 N–H and O–H groups in total. The average molecular weight is 504 g/mol. The van der Waals surface area contributed by atoms with Crippen LogP contribution in [0.5, 0.6) is 5.75 Å². The van der Waals surface area contributed by atoms with E-state index in [1.807, 2.05) is 60.7 Å². The largest absolute Gasteiger partial charge is 0.481 e. The summed E-state index contributed by atoms with van der Waals surface area (Å²) in [6.45, 7) is 0.698. The summed E-state index contributed by atoms with van der Waals surface area (Å²) in [6.07, 6.45) is 1.07. The standard InChI is InChI=1S/C27H29N5O5/c28-30-25(33)22-23(37-16-18-9-5-2-6-10-18)26(34)32-15-19-11-12-20(24(32)29-22)21(13-19)31(27(35)36)14-17-7-3-1-4-8-17/h1-10,19-21H,11-16,28H2,(H,30,33)(H,35,36). The average Bonchev–Trinajstić information content (AvgIpc) is 3.20. The lowest BCUT2D eigenvalue weighted by Crippen LogP contribution is -2.45. The molecule has 3 heterocycles. The number of fused-ring (bicyclic) bond motifs is 2. The van der Waals surface area contributed by atoms with Gasteiger partial charge in [-0.25, -0.2) is 15.6 Å². The van der Waals surface area contributed by atoms with E-state index in [0.717, 1.165) is 17.5 Å². The van der Waals surface area contributed by atoms with Crippen molar-refractivity contribution in [3.05, 3.63) is 93.7 Å². The Labute approximate surface area is 213 Å². The molecule has 6 rings (SSSR count). The van der Waals surface area contributed by atoms with Crippen molar-refractivity contribution in [1.82, 2.24) is 19.9 Å². The Kier molecular flexibility index (Phi) is 6.91. The van der Waals surface area contributed by atoms with Crippen molar-refractivity contribution < 1.29 is 19.4 Å². The fourth-order valence-electron chi connectivity index (χ4n) is 5.50. The first-order valence-electron chi connectivity index (χ1n) is 12.3. The van der Waals surface area contributed by atoms with Gasteiger partial charge in [0.2, 0.25) is 5.75 Å². The molecule has 192 valence electrons. The van der Waals surface area contributed by atoms with Gasteiger partial charge in [-0.3, -0.25) is 19.6 Å². The molecule has 1 aromatic heterocycles. The van der Waals surface area contributed by atoms with Gasteiger partial charge in [-0.1, -0.05) is 60.7 Å². The highest BCUT2D eigenvalue weighted by Gasteiger charge is 2.43. The number of hydrogen-bond donors (Lipinski definition) is 3. The lowest BCUT2D eigenvalue weighted by Gasteiger charge is -2.38. The zero-order valence-electron chi connectivity index (χ0n) is 20.2. The molecule has 3 aromatic rings. The lowest BCUT2D eigenvalue weighted by molar-refractivity contribution is 0.0870. The van der Waals surface area contributed by atoms with Crippen molar-refractivity contribution in [2.24, 2.45) is 11.8 Å². The first-order chi connectivity index (χ1) is 18.0. The summed E-state index contributed by atoms with van der Waals surface area (Å²) in [5.74, 6) is 4.67. The summed E-state index contributed by atoms with van der Waals surface area (Å²) in [5, 5.41) is 10.1. The molecule has 3 aliphatic rings. The van der Waals surface area contributed by atoms with Crippen molar-refractivity contribution in [3.8, 4) is 5.75 Å². The van der Waals surface area contributed by atoms with Crippen LogP contribution in [0.15, 0.2) is 65.5 Å². The van der Waals surface area contributed by atoms with Crippen LogP contribution in [0.2, 0.25) is 0 Å². The number of nitrogens with zero attached hydrogens (tertiary/aromatic N) is 3. The normalized spacial score (nSPS) is 20.0. The highest BCUT2D eigenvalue weighted by Crippen LogP contribution is 2.42. The molecule has 2 bridgehead atoms. The third-order valence-corrected chi connectivity index (χ3v) is 7.27. The molecule has 10 heteroatoms. The van der Waals surface area contributed by atoms with Crippen molar-refractivity contribution in [1.29, 1.82) is 0 Å². The Balaban J connectivity index is 1.54. The van der Waals surface area contributed by atoms with E-state index in [4.69, 9.17) is 10.6 Å². The second kappa shape index (κ2) is 10.4. The molecule has 2 aromatic carbocycles. The maximum atomic E-state index is 13.7. The summed E-state index contributed by atoms with van der Waals surface area (Å²) in [5.41, 5.74) is 3.13. The van der Waals surface area contributed by atoms with Gasteiger partial charge >= 0.3 is 6.09 Å². The molecular weight excluding hydrogens is 474 g/mol. The van der Waals surface area contributed by atoms with Crippen molar-refractivity contribution >= 4 is 12.0 Å². The van der Waals surface area contributed by atoms with E-state index in [1.165, 1.54) is 4.90 Å². The van der Waals surface area contributed by atoms with Gasteiger partial charge in [-0.2, -0.15) is 0 Å². The summed E-state index contributed by atoms with van der Waals surface area (Å²) in [4.78, 5) is 44.9. The van der Waals surface area contributed by atoms with Crippen LogP contribution >= 0.6 is 0 Å². The number of nitrogen functional groups attached to an aromatic ring is 1. The minimum Gasteiger partial charge on any atom is -0.481 e. The van der Waals surface area contributed by atoms with Crippen LogP contribution in [0.4, 0.5) is 4.79 Å². The summed E-state index contributed by atoms with van der Waals surface area (Å²) in [6, 6.07) is 18.3. The molecule has 1 aliphatic carbocycles. The van der Waals surface area contributed by atoms with E-state index in [-0.39, 0.29) is 42.5 Å². The topological polar surface area (TPSA) is 140 Å². The number of carbonyl (C=O) groups is 2. The molecule has 37 heavy (non-hydrogen) atoms. The number of hydrazine groups is 1. The van der Waals surface area contributed by atoms with Crippen LogP contribution in [0.3, 0.4) is 0 Å². The third-order valence-electron chi connectivity index (χ3n) is 7.27. The van der Waals surface area contributed by atoms with Gasteiger partial charge in [0.1, 0.15) is 12.4 Å². The Morgan fingerprint density at radius 1 is 1.08 bits per heavy atom. The van der Waals surface area contributed by atoms with Gasteiger partial charge in [-0.15, -0.1) is 0 Å². The number of benzene rings is 2. The van der Waals surface area contributed by atoms with Gasteiger partial charge in [0.05, 0.1) is 0 Å². The summed E-state index contributed by atoms with van der Waals surface area (Å²) >= 11 is 0. The van der Waals surface area contributed by atoms with Crippen LogP contribution < -0.4 is 21.6 Å². The maximum absolute atomic E-state index is 13.7. The summed E-state index contributed by atoms with van der Waals surface area (Å²) in [7, 11) is 0. The van der Waals surface area contributed by atoms with Crippen LogP contribution in [0.1, 0.15) is 52.6 Å². The molecule has 0 saturated heterocycles. The molecule has 0 radical (unpaired) electrons. The fourth-order valence-corrected chi connectivity index (χ4v) is 5.50. The molecule has 1 saturated carbocycles. The predicted molar refractivity (Wildman–Crippen MR) is 135 cm³/mol. The molecule has 2 aliphatic heterocycles. The number of carbonyl (C=O) groups excluding carboxylic acids is 1. The van der Waals surface area contributed by atoms with Gasteiger partial charge in [0.25, 0.3) is 11.5 Å². The highest BCUT2D eigenvalue weighted by atomic mass is 16.5. The predicted octanol–water partition coefficient (Wildman–Crippen LogP) is 2.87. The Morgan fingerprint density at radius 2 is 1.76 bits per heavy atom. The minimum atomic E-state index is -1.03. The van der Waals surface area contributed by atoms with E-state index in [1.54, 1.807) is 4.57 Å². The smallest absolute Gasteiger partial charge is 0.407 e. The second-order valence-corrected chi connectivity index (χ2v) is 9.56. The van der Waals surface area contributed by atoms with Crippen LogP contribution in [-0.4, -0.2) is 37.6 Å². The number of rotatable bonds is 7. The van der Waals surface area contributed by atoms with Crippen molar-refractivity contribution in [2.45, 2.75) is 50.9 Å². The Morgan fingerprint density at radius 3 is 2.41 bits per heavy atom. The van der Waals surface area contributed by atoms with Gasteiger partial charge in [0, 0.05) is 25.0 Å². The third kappa shape index (κ3) is 4.92. The minimum absolute atomic E-state index is 0.0846. The zero-order chi connectivity index (χ0) is 25.9. The first-order valence-corrected chi connectivity index (χ1v) is 12.3. The molecule has 0 spiro atoms. The summed E-state index contributed by atoms with van der Waals surface area (Å²) < 4.78 is 7.42. The van der Waals surface area contributed by atoms with Gasteiger partial charge in [-0.05, 0) is 36.3 Å². The second-order valence-electron chi connectivity index (χ2n) is 9.56. The van der Waals surface area contributed by atoms with Crippen LogP contribution in [0, 0.1) is 5.92 Å². The van der Waals surface area contributed by atoms with E-state index in [9.17, 15) is 19.5 Å². The number of hydrogen-bond acceptors (Lipinski definition) is 6. The van der Waals surface area contributed by atoms with E-state index >= 15 is 0 Å². The van der Waals surface area contributed by atoms with Crippen LogP contribution in [-0.2, 0) is 19.7 Å². The van der Waals surface area contributed by atoms with E-state index < -0.39 is 17.6 Å². The number of ether oxygens (including phenoxy) is 1. The molecule has 10 nitrogen and oxygen atoms in total. The van der Waals surface area contributed by atoms with E-state index in [0.29, 0.717) is 25.2 Å². The Bertz CT molecular complexity index is 1340. The van der Waals surface area contributed by atoms with Gasteiger partial charge in [0.15, 0.2) is 5.69 Å². The number of aromatic nitrogens is 2. The van der Waals surface area contributed by atoms with Gasteiger partial charge < -0.3 is 14.7 Å². The number of nitrogens with two attached hydrogens (primary N) is 1. The number of amides is 2. The monoisotopic (exact) mass is 503 g/mol. The zero-order valence-corrected chi connectivity index (χ0v) is 20.2. The Hall–Kier alpha value is -4.18. The van der Waals surface area contributed by atoms with E-state index in [2.05, 4.69) is 10.4 Å². The fraction of sp³-hybridized carbons (Fsp3) is 0.333. The molecule has 3 atom stereocenters. The first kappa shape index (κ1) is 24.5. The van der Waals surface area contributed by atoms with Crippen LogP contribution in [0.25, 0.3) is 0 Å².